The molecule has 0 spiro atoms. The molecule has 1 heterocycles. The van der Waals surface area contributed by atoms with Gasteiger partial charge in [0.05, 0.1) is 10.9 Å². The van der Waals surface area contributed by atoms with Crippen molar-refractivity contribution in [3.8, 4) is 0 Å². The number of halogens is 2. The van der Waals surface area contributed by atoms with E-state index >= 15 is 0 Å². The van der Waals surface area contributed by atoms with Crippen molar-refractivity contribution in [2.75, 3.05) is 18.2 Å². The summed E-state index contributed by atoms with van der Waals surface area (Å²) in [5, 5.41) is 0.0574. The smallest absolute Gasteiger partial charge is 0.207 e. The van der Waals surface area contributed by atoms with E-state index in [2.05, 4.69) is 0 Å². The molecule has 0 atom stereocenters. The van der Waals surface area contributed by atoms with E-state index in [1.807, 2.05) is 0 Å². The molecule has 1 aliphatic heterocycles. The third-order valence-corrected chi connectivity index (χ3v) is 6.00. The molecule has 1 aromatic rings. The number of sulfonamides is 1. The highest BCUT2D eigenvalue weighted by molar-refractivity contribution is 8.00. The molecule has 0 bridgehead atoms. The van der Waals surface area contributed by atoms with E-state index in [0.717, 1.165) is 24.3 Å². The van der Waals surface area contributed by atoms with Gasteiger partial charge in [0.25, 0.3) is 0 Å². The van der Waals surface area contributed by atoms with Crippen LogP contribution in [0.2, 0.25) is 5.02 Å². The van der Waals surface area contributed by atoms with Crippen LogP contribution in [-0.4, -0.2) is 30.9 Å². The van der Waals surface area contributed by atoms with Crippen molar-refractivity contribution in [2.24, 2.45) is 0 Å². The normalized spacial score (nSPS) is 18.2. The summed E-state index contributed by atoms with van der Waals surface area (Å²) >= 11 is 7.37. The zero-order valence-electron chi connectivity index (χ0n) is 8.90. The SMILES string of the molecule is O=S(=O)(c1cc(F)ccc1Cl)N1CCCSC1. The second-order valence-corrected chi connectivity index (χ2v) is 7.03. The molecule has 0 radical (unpaired) electrons. The zero-order chi connectivity index (χ0) is 12.5. The van der Waals surface area contributed by atoms with Crippen molar-refractivity contribution in [1.82, 2.24) is 4.31 Å². The second-order valence-electron chi connectivity index (χ2n) is 3.65. The van der Waals surface area contributed by atoms with Gasteiger partial charge in [-0.1, -0.05) is 11.6 Å². The molecule has 1 aromatic carbocycles. The van der Waals surface area contributed by atoms with Gasteiger partial charge in [-0.2, -0.15) is 4.31 Å². The van der Waals surface area contributed by atoms with Crippen LogP contribution >= 0.6 is 23.4 Å². The number of nitrogens with zero attached hydrogens (tertiary/aromatic N) is 1. The molecule has 17 heavy (non-hydrogen) atoms. The van der Waals surface area contributed by atoms with Crippen LogP contribution in [0.15, 0.2) is 23.1 Å². The third-order valence-electron chi connectivity index (χ3n) is 2.44. The topological polar surface area (TPSA) is 37.4 Å². The monoisotopic (exact) mass is 295 g/mol. The molecule has 0 saturated carbocycles. The highest BCUT2D eigenvalue weighted by Crippen LogP contribution is 2.28. The quantitative estimate of drug-likeness (QED) is 0.841. The Morgan fingerprint density at radius 3 is 2.82 bits per heavy atom. The fourth-order valence-electron chi connectivity index (χ4n) is 1.58. The molecular weight excluding hydrogens is 285 g/mol. The first kappa shape index (κ1) is 13.1. The zero-order valence-corrected chi connectivity index (χ0v) is 11.3. The van der Waals surface area contributed by atoms with Crippen LogP contribution in [0.4, 0.5) is 4.39 Å². The maximum atomic E-state index is 13.1. The number of rotatable bonds is 2. The van der Waals surface area contributed by atoms with Crippen LogP contribution in [0.25, 0.3) is 0 Å². The maximum absolute atomic E-state index is 13.1. The van der Waals surface area contributed by atoms with E-state index in [9.17, 15) is 12.8 Å². The first-order valence-corrected chi connectivity index (χ1v) is 8.02. The van der Waals surface area contributed by atoms with Crippen LogP contribution < -0.4 is 0 Å². The summed E-state index contributed by atoms with van der Waals surface area (Å²) in [5.74, 6) is 0.746. The Bertz CT molecular complexity index is 515. The van der Waals surface area contributed by atoms with Crippen LogP contribution in [0.5, 0.6) is 0 Å². The summed E-state index contributed by atoms with van der Waals surface area (Å²) < 4.78 is 38.9. The molecule has 0 N–H and O–H groups in total. The average Bonchev–Trinajstić information content (AvgIpc) is 2.33. The van der Waals surface area contributed by atoms with Gasteiger partial charge in [0.1, 0.15) is 10.7 Å². The van der Waals surface area contributed by atoms with Crippen molar-refractivity contribution in [3.63, 3.8) is 0 Å². The first-order chi connectivity index (χ1) is 8.01. The van der Waals surface area contributed by atoms with Gasteiger partial charge in [0.2, 0.25) is 10.0 Å². The fraction of sp³-hybridized carbons (Fsp3) is 0.400. The summed E-state index contributed by atoms with van der Waals surface area (Å²) in [6.45, 7) is 0.460. The van der Waals surface area contributed by atoms with E-state index in [0.29, 0.717) is 12.4 Å². The molecule has 2 rings (SSSR count). The molecule has 0 aromatic heterocycles. The van der Waals surface area contributed by atoms with Crippen molar-refractivity contribution >= 4 is 33.4 Å². The molecule has 1 fully saturated rings. The predicted octanol–water partition coefficient (Wildman–Crippen LogP) is 2.56. The summed E-state index contributed by atoms with van der Waals surface area (Å²) in [5.41, 5.74) is 0. The summed E-state index contributed by atoms with van der Waals surface area (Å²) in [7, 11) is -3.67. The molecule has 3 nitrogen and oxygen atoms in total. The molecule has 94 valence electrons. The summed E-state index contributed by atoms with van der Waals surface area (Å²) in [6.07, 6.45) is 0.802. The van der Waals surface area contributed by atoms with E-state index in [-0.39, 0.29) is 9.92 Å². The van der Waals surface area contributed by atoms with Gasteiger partial charge in [-0.05, 0) is 30.4 Å². The number of benzene rings is 1. The molecule has 0 unspecified atom stereocenters. The highest BCUT2D eigenvalue weighted by atomic mass is 35.5. The lowest BCUT2D eigenvalue weighted by Crippen LogP contribution is -2.35. The van der Waals surface area contributed by atoms with Gasteiger partial charge in [-0.25, -0.2) is 12.8 Å². The lowest BCUT2D eigenvalue weighted by Gasteiger charge is -2.25. The predicted molar refractivity (Wildman–Crippen MR) is 67.2 cm³/mol. The summed E-state index contributed by atoms with van der Waals surface area (Å²) in [6, 6.07) is 3.38. The van der Waals surface area contributed by atoms with Crippen LogP contribution in [0.3, 0.4) is 0 Å². The fourth-order valence-corrected chi connectivity index (χ4v) is 4.78. The Labute approximate surface area is 109 Å². The highest BCUT2D eigenvalue weighted by Gasteiger charge is 2.28. The van der Waals surface area contributed by atoms with E-state index < -0.39 is 15.8 Å². The Morgan fingerprint density at radius 1 is 1.41 bits per heavy atom. The largest absolute Gasteiger partial charge is 0.245 e. The Morgan fingerprint density at radius 2 is 2.18 bits per heavy atom. The van der Waals surface area contributed by atoms with Gasteiger partial charge < -0.3 is 0 Å². The second kappa shape index (κ2) is 5.14. The molecule has 0 aliphatic carbocycles. The van der Waals surface area contributed by atoms with Crippen molar-refractivity contribution in [3.05, 3.63) is 29.0 Å². The van der Waals surface area contributed by atoms with Gasteiger partial charge in [0, 0.05) is 6.54 Å². The van der Waals surface area contributed by atoms with Gasteiger partial charge >= 0.3 is 0 Å². The molecule has 0 amide bonds. The first-order valence-electron chi connectivity index (χ1n) is 5.05. The van der Waals surface area contributed by atoms with E-state index in [4.69, 9.17) is 11.6 Å². The molecule has 1 aliphatic rings. The lowest BCUT2D eigenvalue weighted by atomic mass is 10.3. The standard InChI is InChI=1S/C10H11ClFNO2S2/c11-9-3-2-8(12)6-10(9)17(14,15)13-4-1-5-16-7-13/h2-3,6H,1,4-5,7H2. The Balaban J connectivity index is 2.40. The van der Waals surface area contributed by atoms with Crippen LogP contribution in [0, 0.1) is 5.82 Å². The molecule has 7 heteroatoms. The summed E-state index contributed by atoms with van der Waals surface area (Å²) in [4.78, 5) is -0.151. The number of thioether (sulfide) groups is 1. The number of hydrogen-bond acceptors (Lipinski definition) is 3. The van der Waals surface area contributed by atoms with E-state index in [1.165, 1.54) is 10.4 Å². The van der Waals surface area contributed by atoms with E-state index in [1.54, 1.807) is 11.8 Å². The maximum Gasteiger partial charge on any atom is 0.245 e. The minimum atomic E-state index is -3.67. The Kier molecular flexibility index (Phi) is 3.97. The van der Waals surface area contributed by atoms with Gasteiger partial charge in [-0.3, -0.25) is 0 Å². The molecular formula is C10H11ClFNO2S2. The Hall–Kier alpha value is -0.300. The van der Waals surface area contributed by atoms with Crippen LogP contribution in [-0.2, 0) is 10.0 Å². The minimum absolute atomic E-state index is 0.0574. The number of hydrogen-bond donors (Lipinski definition) is 0. The van der Waals surface area contributed by atoms with Crippen LogP contribution in [0.1, 0.15) is 6.42 Å². The van der Waals surface area contributed by atoms with Crippen molar-refractivity contribution in [2.45, 2.75) is 11.3 Å². The van der Waals surface area contributed by atoms with Gasteiger partial charge in [-0.15, -0.1) is 11.8 Å². The molecule has 1 saturated heterocycles. The lowest BCUT2D eigenvalue weighted by molar-refractivity contribution is 0.450. The minimum Gasteiger partial charge on any atom is -0.207 e. The van der Waals surface area contributed by atoms with Crippen molar-refractivity contribution < 1.29 is 12.8 Å². The van der Waals surface area contributed by atoms with Crippen molar-refractivity contribution in [1.29, 1.82) is 0 Å². The average molecular weight is 296 g/mol. The third kappa shape index (κ3) is 2.76. The van der Waals surface area contributed by atoms with Gasteiger partial charge in [0.15, 0.2) is 0 Å².